The maximum Gasteiger partial charge on any atom is 0.135 e. The van der Waals surface area contributed by atoms with E-state index in [0.717, 1.165) is 88.3 Å². The Balaban J connectivity index is 1.20. The minimum absolute atomic E-state index is 0.278. The molecule has 0 radical (unpaired) electrons. The Bertz CT molecular complexity index is 789. The Hall–Kier alpha value is -2.42. The van der Waals surface area contributed by atoms with Gasteiger partial charge < -0.3 is 25.0 Å². The highest BCUT2D eigenvalue weighted by molar-refractivity contribution is 5.59. The van der Waals surface area contributed by atoms with E-state index in [2.05, 4.69) is 37.3 Å². The molecule has 0 aliphatic carbocycles. The first-order valence-electron chi connectivity index (χ1n) is 11.4. The molecule has 1 atom stereocenters. The molecule has 0 bridgehead atoms. The third-order valence-corrected chi connectivity index (χ3v) is 5.92. The second-order valence-electron chi connectivity index (χ2n) is 8.08. The summed E-state index contributed by atoms with van der Waals surface area (Å²) in [6, 6.07) is 9.93. The van der Waals surface area contributed by atoms with E-state index in [0.29, 0.717) is 6.61 Å². The van der Waals surface area contributed by atoms with Crippen LogP contribution in [0, 0.1) is 0 Å². The average molecular weight is 427 g/mol. The van der Waals surface area contributed by atoms with Gasteiger partial charge in [-0.05, 0) is 43.7 Å². The lowest BCUT2D eigenvalue weighted by molar-refractivity contribution is 0.120. The van der Waals surface area contributed by atoms with Crippen LogP contribution in [0.1, 0.15) is 19.8 Å². The summed E-state index contributed by atoms with van der Waals surface area (Å²) in [5.74, 6) is 2.44. The van der Waals surface area contributed by atoms with Crippen LogP contribution in [-0.2, 0) is 4.74 Å². The Morgan fingerprint density at radius 2 is 1.84 bits per heavy atom. The second kappa shape index (κ2) is 11.3. The first-order chi connectivity index (χ1) is 15.3. The Morgan fingerprint density at radius 1 is 1.06 bits per heavy atom. The molecule has 2 aliphatic heterocycles. The molecule has 0 spiro atoms. The molecule has 0 amide bonds. The van der Waals surface area contributed by atoms with Crippen molar-refractivity contribution in [2.45, 2.75) is 25.9 Å². The van der Waals surface area contributed by atoms with E-state index < -0.39 is 0 Å². The van der Waals surface area contributed by atoms with Crippen LogP contribution >= 0.6 is 0 Å². The number of hydrogen-bond acceptors (Lipinski definition) is 8. The fourth-order valence-electron chi connectivity index (χ4n) is 3.95. The fourth-order valence-corrected chi connectivity index (χ4v) is 3.95. The number of rotatable bonds is 10. The SMILES string of the molecule is CCN1CCN(CCOc2ccc(Nc3cc(NCC4CCCO4)ncn3)cc2)CC1. The summed E-state index contributed by atoms with van der Waals surface area (Å²) in [4.78, 5) is 13.6. The molecule has 3 heterocycles. The topological polar surface area (TPSA) is 74.8 Å². The summed E-state index contributed by atoms with van der Waals surface area (Å²) < 4.78 is 11.6. The molecule has 8 nitrogen and oxygen atoms in total. The quantitative estimate of drug-likeness (QED) is 0.601. The van der Waals surface area contributed by atoms with Crippen molar-refractivity contribution in [2.24, 2.45) is 0 Å². The number of aromatic nitrogens is 2. The summed E-state index contributed by atoms with van der Waals surface area (Å²) in [6.07, 6.45) is 4.09. The van der Waals surface area contributed by atoms with E-state index >= 15 is 0 Å². The van der Waals surface area contributed by atoms with Crippen LogP contribution in [0.25, 0.3) is 0 Å². The van der Waals surface area contributed by atoms with Crippen molar-refractivity contribution in [3.8, 4) is 5.75 Å². The predicted molar refractivity (Wildman–Crippen MR) is 123 cm³/mol. The highest BCUT2D eigenvalue weighted by Gasteiger charge is 2.16. The number of likely N-dealkylation sites (N-methyl/N-ethyl adjacent to an activating group) is 1. The molecule has 168 valence electrons. The van der Waals surface area contributed by atoms with E-state index in [-0.39, 0.29) is 6.10 Å². The summed E-state index contributed by atoms with van der Waals surface area (Å²) in [6.45, 7) is 11.3. The van der Waals surface area contributed by atoms with Gasteiger partial charge in [-0.3, -0.25) is 4.90 Å². The van der Waals surface area contributed by atoms with Crippen LogP contribution < -0.4 is 15.4 Å². The number of anilines is 3. The van der Waals surface area contributed by atoms with Gasteiger partial charge in [0, 0.05) is 57.6 Å². The molecule has 8 heteroatoms. The van der Waals surface area contributed by atoms with Crippen molar-refractivity contribution in [3.05, 3.63) is 36.7 Å². The van der Waals surface area contributed by atoms with Gasteiger partial charge in [-0.25, -0.2) is 9.97 Å². The molecular formula is C23H34N6O2. The van der Waals surface area contributed by atoms with Gasteiger partial charge in [0.2, 0.25) is 0 Å². The van der Waals surface area contributed by atoms with Crippen molar-refractivity contribution in [1.29, 1.82) is 0 Å². The fraction of sp³-hybridized carbons (Fsp3) is 0.565. The second-order valence-corrected chi connectivity index (χ2v) is 8.08. The van der Waals surface area contributed by atoms with Crippen LogP contribution in [0.3, 0.4) is 0 Å². The van der Waals surface area contributed by atoms with Gasteiger partial charge in [0.15, 0.2) is 0 Å². The molecule has 0 saturated carbocycles. The average Bonchev–Trinajstić information content (AvgIpc) is 3.33. The largest absolute Gasteiger partial charge is 0.492 e. The zero-order valence-electron chi connectivity index (χ0n) is 18.4. The van der Waals surface area contributed by atoms with Crippen LogP contribution in [0.5, 0.6) is 5.75 Å². The molecule has 2 saturated heterocycles. The molecule has 1 unspecified atom stereocenters. The predicted octanol–water partition coefficient (Wildman–Crippen LogP) is 2.83. The third-order valence-electron chi connectivity index (χ3n) is 5.92. The van der Waals surface area contributed by atoms with Gasteiger partial charge in [-0.2, -0.15) is 0 Å². The summed E-state index contributed by atoms with van der Waals surface area (Å²) in [5.41, 5.74) is 0.965. The molecular weight excluding hydrogens is 392 g/mol. The Labute approximate surface area is 185 Å². The van der Waals surface area contributed by atoms with Crippen LogP contribution in [0.15, 0.2) is 36.7 Å². The van der Waals surface area contributed by atoms with Gasteiger partial charge in [0.25, 0.3) is 0 Å². The number of ether oxygens (including phenoxy) is 2. The smallest absolute Gasteiger partial charge is 0.135 e. The van der Waals surface area contributed by atoms with Gasteiger partial charge in [-0.1, -0.05) is 6.92 Å². The standard InChI is InChI=1S/C23H34N6O2/c1-2-28-9-11-29(12-10-28)13-15-31-20-7-5-19(6-8-20)27-23-16-22(25-18-26-23)24-17-21-4-3-14-30-21/h5-8,16,18,21H,2-4,9-15,17H2,1H3,(H2,24,25,26,27). The van der Waals surface area contributed by atoms with E-state index in [1.165, 1.54) is 0 Å². The molecule has 2 aliphatic rings. The maximum atomic E-state index is 5.94. The van der Waals surface area contributed by atoms with Crippen LogP contribution in [0.2, 0.25) is 0 Å². The highest BCUT2D eigenvalue weighted by atomic mass is 16.5. The third kappa shape index (κ3) is 6.78. The van der Waals surface area contributed by atoms with Crippen LogP contribution in [-0.4, -0.2) is 84.9 Å². The van der Waals surface area contributed by atoms with Crippen molar-refractivity contribution in [1.82, 2.24) is 19.8 Å². The van der Waals surface area contributed by atoms with E-state index in [9.17, 15) is 0 Å². The molecule has 4 rings (SSSR count). The lowest BCUT2D eigenvalue weighted by Crippen LogP contribution is -2.47. The lowest BCUT2D eigenvalue weighted by atomic mass is 10.2. The molecule has 1 aromatic carbocycles. The first-order valence-corrected chi connectivity index (χ1v) is 11.4. The minimum Gasteiger partial charge on any atom is -0.492 e. The number of nitrogens with one attached hydrogen (secondary N) is 2. The van der Waals surface area contributed by atoms with Gasteiger partial charge in [0.1, 0.15) is 30.3 Å². The number of nitrogens with zero attached hydrogens (tertiary/aromatic N) is 4. The Kier molecular flexibility index (Phi) is 7.93. The van der Waals surface area contributed by atoms with Crippen molar-refractivity contribution >= 4 is 17.3 Å². The maximum absolute atomic E-state index is 5.94. The molecule has 1 aromatic heterocycles. The van der Waals surface area contributed by atoms with Gasteiger partial charge in [-0.15, -0.1) is 0 Å². The molecule has 2 fully saturated rings. The highest BCUT2D eigenvalue weighted by Crippen LogP contribution is 2.20. The summed E-state index contributed by atoms with van der Waals surface area (Å²) in [5, 5.41) is 6.66. The zero-order valence-corrected chi connectivity index (χ0v) is 18.4. The summed E-state index contributed by atoms with van der Waals surface area (Å²) >= 11 is 0. The minimum atomic E-state index is 0.278. The normalized spacial score (nSPS) is 20.0. The molecule has 2 N–H and O–H groups in total. The molecule has 2 aromatic rings. The lowest BCUT2D eigenvalue weighted by Gasteiger charge is -2.33. The zero-order chi connectivity index (χ0) is 21.3. The number of piperazine rings is 1. The van der Waals surface area contributed by atoms with E-state index in [4.69, 9.17) is 9.47 Å². The molecule has 31 heavy (non-hydrogen) atoms. The van der Waals surface area contributed by atoms with Crippen LogP contribution in [0.4, 0.5) is 17.3 Å². The van der Waals surface area contributed by atoms with Gasteiger partial charge in [0.05, 0.1) is 6.10 Å². The number of benzene rings is 1. The monoisotopic (exact) mass is 426 g/mol. The summed E-state index contributed by atoms with van der Waals surface area (Å²) in [7, 11) is 0. The Morgan fingerprint density at radius 3 is 2.58 bits per heavy atom. The van der Waals surface area contributed by atoms with Crippen molar-refractivity contribution < 1.29 is 9.47 Å². The first kappa shape index (κ1) is 21.8. The van der Waals surface area contributed by atoms with E-state index in [1.54, 1.807) is 6.33 Å². The van der Waals surface area contributed by atoms with E-state index in [1.807, 2.05) is 30.3 Å². The van der Waals surface area contributed by atoms with Crippen molar-refractivity contribution in [3.63, 3.8) is 0 Å². The van der Waals surface area contributed by atoms with Gasteiger partial charge >= 0.3 is 0 Å². The number of hydrogen-bond donors (Lipinski definition) is 2. The van der Waals surface area contributed by atoms with Crippen molar-refractivity contribution in [2.75, 3.05) is 69.7 Å².